The summed E-state index contributed by atoms with van der Waals surface area (Å²) < 4.78 is 1.09. The summed E-state index contributed by atoms with van der Waals surface area (Å²) in [6, 6.07) is 0. The lowest BCUT2D eigenvalue weighted by atomic mass is 10.3. The molecule has 1 rings (SSSR count). The molecule has 1 aromatic heterocycles. The Bertz CT molecular complexity index is 233. The van der Waals surface area contributed by atoms with Gasteiger partial charge >= 0.3 is 5.82 Å². The van der Waals surface area contributed by atoms with Crippen molar-refractivity contribution in [2.24, 2.45) is 0 Å². The summed E-state index contributed by atoms with van der Waals surface area (Å²) in [6.45, 7) is 13.5. The largest absolute Gasteiger partial charge is 0.350 e. The summed E-state index contributed by atoms with van der Waals surface area (Å²) in [4.78, 5) is 3.95. The average molecular weight is 199 g/mol. The molecule has 82 valence electrons. The molecule has 14 heavy (non-hydrogen) atoms. The van der Waals surface area contributed by atoms with Crippen molar-refractivity contribution in [3.05, 3.63) is 23.3 Å². The second kappa shape index (κ2) is 8.48. The lowest BCUT2D eigenvalue weighted by Crippen LogP contribution is -2.38. The normalized spacial score (nSPS) is 7.93. The maximum Gasteiger partial charge on any atom is 0.333 e. The Hall–Kier alpha value is -1.12. The van der Waals surface area contributed by atoms with Crippen molar-refractivity contribution in [2.75, 3.05) is 0 Å². The van der Waals surface area contributed by atoms with Crippen LogP contribution in [0.3, 0.4) is 0 Å². The molecule has 0 aliphatic heterocycles. The summed E-state index contributed by atoms with van der Waals surface area (Å²) in [5.74, 6) is 0.614. The van der Waals surface area contributed by atoms with Crippen LogP contribution in [0, 0.1) is 20.8 Å². The Morgan fingerprint density at radius 3 is 1.86 bits per heavy atom. The molecule has 0 bridgehead atoms. The van der Waals surface area contributed by atoms with Crippen LogP contribution < -0.4 is 4.73 Å². The number of nitrogens with zero attached hydrogens (tertiary/aromatic N) is 2. The highest BCUT2D eigenvalue weighted by atomic mass is 16.5. The molecule has 0 saturated heterocycles. The van der Waals surface area contributed by atoms with E-state index in [0.717, 1.165) is 16.0 Å². The van der Waals surface area contributed by atoms with Gasteiger partial charge in [-0.2, -0.15) is 0 Å². The van der Waals surface area contributed by atoms with Gasteiger partial charge in [-0.25, -0.2) is 0 Å². The summed E-state index contributed by atoms with van der Waals surface area (Å²) in [7, 11) is 0. The lowest BCUT2D eigenvalue weighted by molar-refractivity contribution is -0.915. The fraction of sp³-hybridized carbons (Fsp3) is 0.636. The van der Waals surface area contributed by atoms with Crippen molar-refractivity contribution < 1.29 is 9.94 Å². The summed E-state index contributed by atoms with van der Waals surface area (Å²) >= 11 is 0. The van der Waals surface area contributed by atoms with Crippen LogP contribution in [0.4, 0.5) is 0 Å². The van der Waals surface area contributed by atoms with E-state index < -0.39 is 0 Å². The van der Waals surface area contributed by atoms with Crippen LogP contribution in [0.15, 0.2) is 6.20 Å². The number of hydrogen-bond acceptors (Lipinski definition) is 2. The topological polar surface area (TPSA) is 37.0 Å². The molecule has 0 atom stereocenters. The Morgan fingerprint density at radius 1 is 1.07 bits per heavy atom. The minimum atomic E-state index is 0.614. The first-order valence-electron chi connectivity index (χ1n) is 5.17. The zero-order chi connectivity index (χ0) is 11.7. The van der Waals surface area contributed by atoms with Crippen LogP contribution >= 0.6 is 0 Å². The lowest BCUT2D eigenvalue weighted by Gasteiger charge is -1.96. The van der Waals surface area contributed by atoms with E-state index in [0.29, 0.717) is 5.82 Å². The monoisotopic (exact) mass is 199 g/mol. The zero-order valence-corrected chi connectivity index (χ0v) is 10.4. The van der Waals surface area contributed by atoms with Gasteiger partial charge < -0.3 is 5.21 Å². The third-order valence-corrected chi connectivity index (χ3v) is 1.64. The van der Waals surface area contributed by atoms with Crippen LogP contribution in [0.2, 0.25) is 0 Å². The van der Waals surface area contributed by atoms with Gasteiger partial charge in [0.2, 0.25) is 0 Å². The van der Waals surface area contributed by atoms with Crippen LogP contribution in [0.1, 0.15) is 44.8 Å². The minimum Gasteiger partial charge on any atom is -0.350 e. The van der Waals surface area contributed by atoms with E-state index in [1.165, 1.54) is 0 Å². The Morgan fingerprint density at radius 2 is 1.50 bits per heavy atom. The number of rotatable bonds is 0. The molecule has 0 unspecified atom stereocenters. The predicted molar refractivity (Wildman–Crippen MR) is 58.5 cm³/mol. The first-order chi connectivity index (χ1) is 6.63. The quantitative estimate of drug-likeness (QED) is 0.515. The first-order valence-corrected chi connectivity index (χ1v) is 5.17. The second-order valence-electron chi connectivity index (χ2n) is 2.39. The summed E-state index contributed by atoms with van der Waals surface area (Å²) in [5, 5.41) is 9.24. The van der Waals surface area contributed by atoms with E-state index in [1.807, 2.05) is 41.5 Å². The second-order valence-corrected chi connectivity index (χ2v) is 2.39. The number of aryl methyl sites for hydroxylation is 2. The molecule has 0 amide bonds. The smallest absolute Gasteiger partial charge is 0.333 e. The molecule has 0 aliphatic carbocycles. The highest BCUT2D eigenvalue weighted by molar-refractivity contribution is 5.07. The third kappa shape index (κ3) is 4.21. The molecule has 3 heteroatoms. The summed E-state index contributed by atoms with van der Waals surface area (Å²) in [6.07, 6.45) is 1.75. The van der Waals surface area contributed by atoms with Gasteiger partial charge in [-0.15, -0.1) is 0 Å². The van der Waals surface area contributed by atoms with E-state index in [-0.39, 0.29) is 0 Å². The number of aromatic nitrogens is 2. The Balaban J connectivity index is 0. The van der Waals surface area contributed by atoms with Gasteiger partial charge in [-0.3, -0.25) is 0 Å². The van der Waals surface area contributed by atoms with E-state index in [9.17, 15) is 5.21 Å². The van der Waals surface area contributed by atoms with Gasteiger partial charge in [0, 0.05) is 19.4 Å². The van der Waals surface area contributed by atoms with Gasteiger partial charge in [0.1, 0.15) is 6.20 Å². The molecule has 1 N–H and O–H groups in total. The molecular weight excluding hydrogens is 176 g/mol. The molecule has 1 aromatic rings. The highest BCUT2D eigenvalue weighted by Gasteiger charge is 2.09. The fourth-order valence-electron chi connectivity index (χ4n) is 0.748. The van der Waals surface area contributed by atoms with Crippen molar-refractivity contribution in [3.8, 4) is 0 Å². The molecule has 0 radical (unpaired) electrons. The van der Waals surface area contributed by atoms with Crippen LogP contribution in [-0.4, -0.2) is 10.2 Å². The van der Waals surface area contributed by atoms with E-state index in [4.69, 9.17) is 0 Å². The molecular formula is C11H23N2O+. The standard InChI is InChI=1S/C7H11N2O.2C2H6/c1-5-4-8-7(3)9(10)6(5)2;2*1-2/h4,10H,1-3H3;2*1-2H3/q+1;;. The van der Waals surface area contributed by atoms with E-state index >= 15 is 0 Å². The molecule has 0 saturated carbocycles. The van der Waals surface area contributed by atoms with E-state index in [2.05, 4.69) is 4.98 Å². The fourth-order valence-corrected chi connectivity index (χ4v) is 0.748. The predicted octanol–water partition coefficient (Wildman–Crippen LogP) is 2.58. The molecule has 0 aliphatic rings. The van der Waals surface area contributed by atoms with Gasteiger partial charge in [0.05, 0.1) is 0 Å². The van der Waals surface area contributed by atoms with Crippen LogP contribution in [0.5, 0.6) is 0 Å². The highest BCUT2D eigenvalue weighted by Crippen LogP contribution is 1.96. The summed E-state index contributed by atoms with van der Waals surface area (Å²) in [5.41, 5.74) is 1.83. The Labute approximate surface area is 87.4 Å². The van der Waals surface area contributed by atoms with Crippen molar-refractivity contribution >= 4 is 0 Å². The van der Waals surface area contributed by atoms with Gasteiger partial charge in [-0.05, 0) is 11.7 Å². The Kier molecular flexibility index (Phi) is 9.30. The average Bonchev–Trinajstić information content (AvgIpc) is 2.26. The number of hydrogen-bond donors (Lipinski definition) is 1. The zero-order valence-electron chi connectivity index (χ0n) is 10.4. The van der Waals surface area contributed by atoms with E-state index in [1.54, 1.807) is 13.1 Å². The van der Waals surface area contributed by atoms with Gasteiger partial charge in [0.15, 0.2) is 5.69 Å². The first kappa shape index (κ1) is 15.4. The SMILES string of the molecule is CC.CC.Cc1cnc(C)[n+](O)c1C. The van der Waals surface area contributed by atoms with Crippen LogP contribution in [-0.2, 0) is 0 Å². The van der Waals surface area contributed by atoms with Gasteiger partial charge in [-0.1, -0.05) is 32.7 Å². The molecule has 0 fully saturated rings. The maximum atomic E-state index is 9.24. The molecule has 1 heterocycles. The van der Waals surface area contributed by atoms with Gasteiger partial charge in [0.25, 0.3) is 0 Å². The molecule has 0 spiro atoms. The van der Waals surface area contributed by atoms with Crippen molar-refractivity contribution in [2.45, 2.75) is 48.5 Å². The van der Waals surface area contributed by atoms with Crippen molar-refractivity contribution in [1.29, 1.82) is 0 Å². The van der Waals surface area contributed by atoms with Crippen molar-refractivity contribution in [3.63, 3.8) is 0 Å². The maximum absolute atomic E-state index is 9.24. The molecule has 0 aromatic carbocycles. The van der Waals surface area contributed by atoms with Crippen molar-refractivity contribution in [1.82, 2.24) is 4.98 Å². The van der Waals surface area contributed by atoms with Crippen LogP contribution in [0.25, 0.3) is 0 Å². The third-order valence-electron chi connectivity index (χ3n) is 1.64. The minimum absolute atomic E-state index is 0.614. The molecule has 3 nitrogen and oxygen atoms in total.